The van der Waals surface area contributed by atoms with Crippen molar-refractivity contribution in [3.8, 4) is 0 Å². The van der Waals surface area contributed by atoms with Crippen molar-refractivity contribution in [3.05, 3.63) is 16.8 Å². The molecule has 2 aliphatic rings. The van der Waals surface area contributed by atoms with E-state index in [-0.39, 0.29) is 5.91 Å². The topological polar surface area (TPSA) is 49.3 Å². The van der Waals surface area contributed by atoms with Gasteiger partial charge in [-0.15, -0.1) is 11.3 Å². The van der Waals surface area contributed by atoms with E-state index in [9.17, 15) is 4.79 Å². The van der Waals surface area contributed by atoms with E-state index in [0.29, 0.717) is 0 Å². The van der Waals surface area contributed by atoms with E-state index in [4.69, 9.17) is 0 Å². The Hall–Kier alpha value is -1.69. The fourth-order valence-corrected chi connectivity index (χ4v) is 4.95. The molecule has 0 N–H and O–H groups in total. The zero-order valence-electron chi connectivity index (χ0n) is 13.5. The number of carbonyl (C=O) groups excluding carboxylic acids is 1. The predicted octanol–water partition coefficient (Wildman–Crippen LogP) is 2.63. The summed E-state index contributed by atoms with van der Waals surface area (Å²) in [4.78, 5) is 27.6. The fourth-order valence-electron chi connectivity index (χ4n) is 3.72. The van der Waals surface area contributed by atoms with Crippen molar-refractivity contribution in [2.45, 2.75) is 39.0 Å². The van der Waals surface area contributed by atoms with Crippen LogP contribution in [-0.4, -0.2) is 47.0 Å². The third-order valence-corrected chi connectivity index (χ3v) is 6.21. The van der Waals surface area contributed by atoms with Crippen LogP contribution in [0.1, 0.15) is 36.6 Å². The monoisotopic (exact) mass is 330 g/mol. The van der Waals surface area contributed by atoms with Crippen LogP contribution in [0.4, 0.5) is 5.82 Å². The van der Waals surface area contributed by atoms with Crippen LogP contribution in [0.15, 0.2) is 6.33 Å². The molecule has 2 aromatic rings. The minimum atomic E-state index is 0.168. The van der Waals surface area contributed by atoms with Crippen molar-refractivity contribution >= 4 is 33.3 Å². The number of carbonyl (C=O) groups is 1. The van der Waals surface area contributed by atoms with Crippen LogP contribution in [-0.2, 0) is 17.6 Å². The van der Waals surface area contributed by atoms with E-state index >= 15 is 0 Å². The Labute approximate surface area is 140 Å². The number of piperazine rings is 1. The SMILES string of the molecule is CC(=O)N1CCN(c2ncnc3sc4c(c23)CCCCC4)CC1. The summed E-state index contributed by atoms with van der Waals surface area (Å²) in [6, 6.07) is 0. The van der Waals surface area contributed by atoms with Gasteiger partial charge in [0.1, 0.15) is 17.0 Å². The second-order valence-corrected chi connectivity index (χ2v) is 7.52. The first-order valence-electron chi connectivity index (χ1n) is 8.50. The maximum Gasteiger partial charge on any atom is 0.219 e. The van der Waals surface area contributed by atoms with Gasteiger partial charge in [0, 0.05) is 38.0 Å². The van der Waals surface area contributed by atoms with Crippen LogP contribution in [0, 0.1) is 0 Å². The van der Waals surface area contributed by atoms with Crippen LogP contribution >= 0.6 is 11.3 Å². The van der Waals surface area contributed by atoms with Crippen molar-refractivity contribution in [3.63, 3.8) is 0 Å². The highest BCUT2D eigenvalue weighted by molar-refractivity contribution is 7.18. The Morgan fingerprint density at radius 3 is 2.65 bits per heavy atom. The normalized spacial score (nSPS) is 18.8. The Morgan fingerprint density at radius 1 is 1.09 bits per heavy atom. The molecule has 1 saturated heterocycles. The first kappa shape index (κ1) is 14.9. The zero-order chi connectivity index (χ0) is 15.8. The smallest absolute Gasteiger partial charge is 0.219 e. The van der Waals surface area contributed by atoms with Gasteiger partial charge in [-0.1, -0.05) is 6.42 Å². The minimum absolute atomic E-state index is 0.168. The third kappa shape index (κ3) is 2.69. The molecule has 5 nitrogen and oxygen atoms in total. The molecule has 6 heteroatoms. The average Bonchev–Trinajstić information content (AvgIpc) is 2.76. The second kappa shape index (κ2) is 6.07. The molecule has 0 aromatic carbocycles. The van der Waals surface area contributed by atoms with E-state index in [0.717, 1.165) is 43.2 Å². The highest BCUT2D eigenvalue weighted by atomic mass is 32.1. The number of rotatable bonds is 1. The van der Waals surface area contributed by atoms with E-state index in [2.05, 4.69) is 14.9 Å². The minimum Gasteiger partial charge on any atom is -0.352 e. The zero-order valence-corrected chi connectivity index (χ0v) is 14.4. The molecule has 1 amide bonds. The molecule has 1 aliphatic heterocycles. The number of hydrogen-bond donors (Lipinski definition) is 0. The van der Waals surface area contributed by atoms with Gasteiger partial charge in [0.05, 0.1) is 5.39 Å². The van der Waals surface area contributed by atoms with Crippen LogP contribution in [0.5, 0.6) is 0 Å². The Morgan fingerprint density at radius 2 is 1.87 bits per heavy atom. The van der Waals surface area contributed by atoms with Crippen LogP contribution in [0.25, 0.3) is 10.2 Å². The quantitative estimate of drug-likeness (QED) is 0.754. The molecule has 0 radical (unpaired) electrons. The number of amides is 1. The molecular formula is C17H22N4OS. The van der Waals surface area contributed by atoms with Crippen LogP contribution in [0.2, 0.25) is 0 Å². The second-order valence-electron chi connectivity index (χ2n) is 6.43. The lowest BCUT2D eigenvalue weighted by Crippen LogP contribution is -2.48. The molecule has 0 atom stereocenters. The van der Waals surface area contributed by atoms with Gasteiger partial charge in [-0.3, -0.25) is 4.79 Å². The van der Waals surface area contributed by atoms with E-state index in [1.165, 1.54) is 41.5 Å². The number of aryl methyl sites for hydroxylation is 2. The highest BCUT2D eigenvalue weighted by Crippen LogP contribution is 2.38. The molecule has 4 rings (SSSR count). The van der Waals surface area contributed by atoms with Gasteiger partial charge in [-0.25, -0.2) is 9.97 Å². The number of hydrogen-bond acceptors (Lipinski definition) is 5. The van der Waals surface area contributed by atoms with Crippen molar-refractivity contribution in [2.24, 2.45) is 0 Å². The van der Waals surface area contributed by atoms with Crippen molar-refractivity contribution in [1.82, 2.24) is 14.9 Å². The largest absolute Gasteiger partial charge is 0.352 e. The summed E-state index contributed by atoms with van der Waals surface area (Å²) >= 11 is 1.85. The fraction of sp³-hybridized carbons (Fsp3) is 0.588. The molecule has 0 spiro atoms. The molecule has 1 aliphatic carbocycles. The maximum atomic E-state index is 11.5. The lowest BCUT2D eigenvalue weighted by molar-refractivity contribution is -0.129. The summed E-state index contributed by atoms with van der Waals surface area (Å²) in [7, 11) is 0. The Bertz CT molecular complexity index is 734. The van der Waals surface area contributed by atoms with Crippen molar-refractivity contribution in [1.29, 1.82) is 0 Å². The van der Waals surface area contributed by atoms with Gasteiger partial charge in [0.2, 0.25) is 5.91 Å². The van der Waals surface area contributed by atoms with Gasteiger partial charge in [-0.05, 0) is 31.2 Å². The van der Waals surface area contributed by atoms with E-state index in [1.54, 1.807) is 13.3 Å². The van der Waals surface area contributed by atoms with E-state index < -0.39 is 0 Å². The van der Waals surface area contributed by atoms with Crippen LogP contribution < -0.4 is 4.90 Å². The van der Waals surface area contributed by atoms with Crippen molar-refractivity contribution < 1.29 is 4.79 Å². The molecule has 1 fully saturated rings. The lowest BCUT2D eigenvalue weighted by atomic mass is 10.1. The van der Waals surface area contributed by atoms with Gasteiger partial charge < -0.3 is 9.80 Å². The predicted molar refractivity (Wildman–Crippen MR) is 93.1 cm³/mol. The standard InChI is InChI=1S/C17H22N4OS/c1-12(22)20-7-9-21(10-8-20)16-15-13-5-3-2-4-6-14(13)23-17(15)19-11-18-16/h11H,2-10H2,1H3. The summed E-state index contributed by atoms with van der Waals surface area (Å²) in [5.74, 6) is 1.25. The molecule has 0 unspecified atom stereocenters. The summed E-state index contributed by atoms with van der Waals surface area (Å²) < 4.78 is 0. The average molecular weight is 330 g/mol. The van der Waals surface area contributed by atoms with E-state index in [1.807, 2.05) is 16.2 Å². The number of thiophene rings is 1. The Kier molecular flexibility index (Phi) is 3.93. The molecule has 23 heavy (non-hydrogen) atoms. The Balaban J connectivity index is 1.70. The molecule has 0 saturated carbocycles. The van der Waals surface area contributed by atoms with Gasteiger partial charge in [0.25, 0.3) is 0 Å². The molecule has 0 bridgehead atoms. The number of anilines is 1. The number of fused-ring (bicyclic) bond motifs is 3. The third-order valence-electron chi connectivity index (χ3n) is 5.01. The number of aromatic nitrogens is 2. The van der Waals surface area contributed by atoms with Gasteiger partial charge in [-0.2, -0.15) is 0 Å². The van der Waals surface area contributed by atoms with Gasteiger partial charge in [0.15, 0.2) is 0 Å². The summed E-state index contributed by atoms with van der Waals surface area (Å²) in [6.07, 6.45) is 7.93. The summed E-state index contributed by atoms with van der Waals surface area (Å²) in [6.45, 7) is 4.93. The molecule has 2 aromatic heterocycles. The molecule has 122 valence electrons. The lowest BCUT2D eigenvalue weighted by Gasteiger charge is -2.35. The van der Waals surface area contributed by atoms with Crippen LogP contribution in [0.3, 0.4) is 0 Å². The summed E-state index contributed by atoms with van der Waals surface area (Å²) in [5.41, 5.74) is 1.49. The maximum absolute atomic E-state index is 11.5. The van der Waals surface area contributed by atoms with Crippen molar-refractivity contribution in [2.75, 3.05) is 31.1 Å². The first-order valence-corrected chi connectivity index (χ1v) is 9.31. The summed E-state index contributed by atoms with van der Waals surface area (Å²) in [5, 5.41) is 1.28. The highest BCUT2D eigenvalue weighted by Gasteiger charge is 2.25. The molecule has 3 heterocycles. The first-order chi connectivity index (χ1) is 11.2. The molecular weight excluding hydrogens is 308 g/mol. The number of nitrogens with zero attached hydrogens (tertiary/aromatic N) is 4. The van der Waals surface area contributed by atoms with Gasteiger partial charge >= 0.3 is 0 Å².